The summed E-state index contributed by atoms with van der Waals surface area (Å²) in [5.74, 6) is -0.224. The molecule has 2 aromatic rings. The zero-order valence-corrected chi connectivity index (χ0v) is 12.0. The molecular formula is C14H12Cl2N2O. The summed E-state index contributed by atoms with van der Waals surface area (Å²) in [4.78, 5) is 16.2. The van der Waals surface area contributed by atoms with Gasteiger partial charge in [-0.25, -0.2) is 4.98 Å². The summed E-state index contributed by atoms with van der Waals surface area (Å²) in [6.45, 7) is 3.67. The quantitative estimate of drug-likeness (QED) is 0.841. The molecule has 0 radical (unpaired) electrons. The van der Waals surface area contributed by atoms with E-state index in [0.717, 1.165) is 5.56 Å². The summed E-state index contributed by atoms with van der Waals surface area (Å²) < 4.78 is 0. The maximum Gasteiger partial charge on any atom is 0.255 e. The number of pyridine rings is 1. The van der Waals surface area contributed by atoms with E-state index >= 15 is 0 Å². The number of hydrogen-bond donors (Lipinski definition) is 1. The number of aryl methyl sites for hydroxylation is 2. The van der Waals surface area contributed by atoms with Crippen molar-refractivity contribution in [1.82, 2.24) is 4.98 Å². The van der Waals surface area contributed by atoms with Crippen molar-refractivity contribution in [3.05, 3.63) is 57.3 Å². The van der Waals surface area contributed by atoms with E-state index in [-0.39, 0.29) is 5.91 Å². The molecule has 0 spiro atoms. The first-order valence-electron chi connectivity index (χ1n) is 5.67. The van der Waals surface area contributed by atoms with Crippen LogP contribution in [0.3, 0.4) is 0 Å². The molecule has 0 saturated heterocycles. The highest BCUT2D eigenvalue weighted by Crippen LogP contribution is 2.19. The Morgan fingerprint density at radius 1 is 1.16 bits per heavy atom. The van der Waals surface area contributed by atoms with Gasteiger partial charge in [-0.2, -0.15) is 0 Å². The van der Waals surface area contributed by atoms with Crippen LogP contribution in [0, 0.1) is 13.8 Å². The Labute approximate surface area is 121 Å². The molecule has 0 aliphatic carbocycles. The summed E-state index contributed by atoms with van der Waals surface area (Å²) in [5, 5.41) is 3.72. The van der Waals surface area contributed by atoms with E-state index in [0.29, 0.717) is 27.1 Å². The van der Waals surface area contributed by atoms with Crippen LogP contribution in [-0.4, -0.2) is 10.9 Å². The Morgan fingerprint density at radius 2 is 1.89 bits per heavy atom. The number of anilines is 1. The average Bonchev–Trinajstić information content (AvgIpc) is 2.31. The summed E-state index contributed by atoms with van der Waals surface area (Å²) in [7, 11) is 0. The predicted octanol–water partition coefficient (Wildman–Crippen LogP) is 4.26. The number of aromatic nitrogens is 1. The van der Waals surface area contributed by atoms with E-state index in [4.69, 9.17) is 23.2 Å². The van der Waals surface area contributed by atoms with Gasteiger partial charge in [0.2, 0.25) is 0 Å². The van der Waals surface area contributed by atoms with Gasteiger partial charge in [0.1, 0.15) is 5.15 Å². The van der Waals surface area contributed by atoms with E-state index < -0.39 is 0 Å². The largest absolute Gasteiger partial charge is 0.320 e. The van der Waals surface area contributed by atoms with Gasteiger partial charge in [0.15, 0.2) is 0 Å². The van der Waals surface area contributed by atoms with Gasteiger partial charge >= 0.3 is 0 Å². The molecule has 0 unspecified atom stereocenters. The normalized spacial score (nSPS) is 10.3. The number of carbonyl (C=O) groups is 1. The first-order valence-corrected chi connectivity index (χ1v) is 6.43. The lowest BCUT2D eigenvalue weighted by atomic mass is 10.1. The molecule has 5 heteroatoms. The Morgan fingerprint density at radius 3 is 2.53 bits per heavy atom. The Hall–Kier alpha value is -1.58. The van der Waals surface area contributed by atoms with Crippen LogP contribution in [-0.2, 0) is 0 Å². The number of nitrogens with zero attached hydrogens (tertiary/aromatic N) is 1. The summed E-state index contributed by atoms with van der Waals surface area (Å²) >= 11 is 11.7. The second-order valence-electron chi connectivity index (χ2n) is 4.24. The van der Waals surface area contributed by atoms with Gasteiger partial charge in [-0.1, -0.05) is 23.2 Å². The van der Waals surface area contributed by atoms with E-state index in [1.807, 2.05) is 6.92 Å². The molecule has 0 fully saturated rings. The first kappa shape index (κ1) is 13.8. The lowest BCUT2D eigenvalue weighted by Crippen LogP contribution is -2.13. The molecule has 0 bridgehead atoms. The molecule has 98 valence electrons. The number of amides is 1. The summed E-state index contributed by atoms with van der Waals surface area (Å²) in [6.07, 6.45) is 0. The SMILES string of the molecule is Cc1cc(Cl)cc(C(=O)Nc2ccc(Cl)nc2C)c1. The smallest absolute Gasteiger partial charge is 0.255 e. The van der Waals surface area contributed by atoms with Crippen LogP contribution in [0.4, 0.5) is 5.69 Å². The van der Waals surface area contributed by atoms with Gasteiger partial charge < -0.3 is 5.32 Å². The van der Waals surface area contributed by atoms with E-state index in [2.05, 4.69) is 10.3 Å². The minimum Gasteiger partial charge on any atom is -0.320 e. The molecular weight excluding hydrogens is 283 g/mol. The van der Waals surface area contributed by atoms with Crippen LogP contribution in [0.15, 0.2) is 30.3 Å². The molecule has 19 heavy (non-hydrogen) atoms. The number of halogens is 2. The fraction of sp³-hybridized carbons (Fsp3) is 0.143. The maximum absolute atomic E-state index is 12.1. The van der Waals surface area contributed by atoms with Crippen LogP contribution in [0.1, 0.15) is 21.6 Å². The van der Waals surface area contributed by atoms with Crippen molar-refractivity contribution >= 4 is 34.8 Å². The van der Waals surface area contributed by atoms with E-state index in [9.17, 15) is 4.79 Å². The fourth-order valence-corrected chi connectivity index (χ4v) is 2.20. The highest BCUT2D eigenvalue weighted by Gasteiger charge is 2.09. The molecule has 3 nitrogen and oxygen atoms in total. The van der Waals surface area contributed by atoms with Gasteiger partial charge in [-0.3, -0.25) is 4.79 Å². The van der Waals surface area contributed by atoms with Crippen molar-refractivity contribution < 1.29 is 4.79 Å². The number of rotatable bonds is 2. The van der Waals surface area contributed by atoms with Gasteiger partial charge in [0, 0.05) is 10.6 Å². The van der Waals surface area contributed by atoms with Crippen molar-refractivity contribution in [2.24, 2.45) is 0 Å². The van der Waals surface area contributed by atoms with Gasteiger partial charge in [-0.15, -0.1) is 0 Å². The second kappa shape index (κ2) is 5.59. The number of hydrogen-bond acceptors (Lipinski definition) is 2. The Bertz CT molecular complexity index is 621. The topological polar surface area (TPSA) is 42.0 Å². The van der Waals surface area contributed by atoms with Crippen LogP contribution in [0.5, 0.6) is 0 Å². The summed E-state index contributed by atoms with van der Waals surface area (Å²) in [6, 6.07) is 8.56. The Balaban J connectivity index is 2.25. The summed E-state index contributed by atoms with van der Waals surface area (Å²) in [5.41, 5.74) is 2.74. The standard InChI is InChI=1S/C14H12Cl2N2O/c1-8-5-10(7-11(15)6-8)14(19)18-12-3-4-13(16)17-9(12)2/h3-7H,1-2H3,(H,18,19). The number of nitrogens with one attached hydrogen (secondary N) is 1. The lowest BCUT2D eigenvalue weighted by molar-refractivity contribution is 0.102. The van der Waals surface area contributed by atoms with E-state index in [1.54, 1.807) is 37.3 Å². The van der Waals surface area contributed by atoms with Crippen molar-refractivity contribution in [2.75, 3.05) is 5.32 Å². The third-order valence-electron chi connectivity index (χ3n) is 2.60. The van der Waals surface area contributed by atoms with Crippen LogP contribution < -0.4 is 5.32 Å². The average molecular weight is 295 g/mol. The minimum absolute atomic E-state index is 0.224. The second-order valence-corrected chi connectivity index (χ2v) is 5.06. The number of carbonyl (C=O) groups excluding carboxylic acids is 1. The molecule has 2 rings (SSSR count). The molecule has 1 heterocycles. The zero-order chi connectivity index (χ0) is 14.0. The third kappa shape index (κ3) is 3.46. The fourth-order valence-electron chi connectivity index (χ4n) is 1.72. The van der Waals surface area contributed by atoms with Crippen molar-refractivity contribution in [3.63, 3.8) is 0 Å². The molecule has 1 aromatic carbocycles. The maximum atomic E-state index is 12.1. The minimum atomic E-state index is -0.224. The molecule has 0 aliphatic rings. The van der Waals surface area contributed by atoms with Crippen molar-refractivity contribution in [1.29, 1.82) is 0 Å². The zero-order valence-electron chi connectivity index (χ0n) is 10.5. The molecule has 0 aliphatic heterocycles. The van der Waals surface area contributed by atoms with Gasteiger partial charge in [0.05, 0.1) is 11.4 Å². The highest BCUT2D eigenvalue weighted by atomic mass is 35.5. The third-order valence-corrected chi connectivity index (χ3v) is 3.03. The lowest BCUT2D eigenvalue weighted by Gasteiger charge is -2.08. The molecule has 1 amide bonds. The van der Waals surface area contributed by atoms with Crippen molar-refractivity contribution in [2.45, 2.75) is 13.8 Å². The van der Waals surface area contributed by atoms with Crippen LogP contribution >= 0.6 is 23.2 Å². The molecule has 0 atom stereocenters. The predicted molar refractivity (Wildman–Crippen MR) is 78.1 cm³/mol. The number of benzene rings is 1. The van der Waals surface area contributed by atoms with Crippen molar-refractivity contribution in [3.8, 4) is 0 Å². The molecule has 1 aromatic heterocycles. The molecule has 1 N–H and O–H groups in total. The molecule has 0 saturated carbocycles. The van der Waals surface area contributed by atoms with Gasteiger partial charge in [-0.05, 0) is 49.7 Å². The Kier molecular flexibility index (Phi) is 4.08. The monoisotopic (exact) mass is 294 g/mol. The van der Waals surface area contributed by atoms with Gasteiger partial charge in [0.25, 0.3) is 5.91 Å². The van der Waals surface area contributed by atoms with Crippen LogP contribution in [0.2, 0.25) is 10.2 Å². The highest BCUT2D eigenvalue weighted by molar-refractivity contribution is 6.31. The van der Waals surface area contributed by atoms with Crippen LogP contribution in [0.25, 0.3) is 0 Å². The van der Waals surface area contributed by atoms with E-state index in [1.165, 1.54) is 0 Å². The first-order chi connectivity index (χ1) is 8.95.